The van der Waals surface area contributed by atoms with Crippen molar-refractivity contribution < 1.29 is 27.5 Å². The lowest BCUT2D eigenvalue weighted by Crippen LogP contribution is -2.50. The van der Waals surface area contributed by atoms with Crippen molar-refractivity contribution in [2.75, 3.05) is 31.1 Å². The lowest BCUT2D eigenvalue weighted by Gasteiger charge is -2.32. The summed E-state index contributed by atoms with van der Waals surface area (Å²) in [6.07, 6.45) is 0. The average molecular weight is 538 g/mol. The molecule has 200 valence electrons. The normalized spacial score (nSPS) is 13.3. The highest BCUT2D eigenvalue weighted by Gasteiger charge is 2.33. The first kappa shape index (κ1) is 27.0. The van der Waals surface area contributed by atoms with E-state index in [1.807, 2.05) is 31.2 Å². The van der Waals surface area contributed by atoms with Crippen LogP contribution in [0.3, 0.4) is 0 Å². The summed E-state index contributed by atoms with van der Waals surface area (Å²) in [6, 6.07) is 19.4. The number of likely N-dealkylation sites (N-methyl/N-ethyl adjacent to an activating group) is 1. The Balaban J connectivity index is 1.73. The minimum Gasteiger partial charge on any atom is -0.486 e. The first-order valence-corrected chi connectivity index (χ1v) is 13.7. The number of sulfonamides is 1. The van der Waals surface area contributed by atoms with Gasteiger partial charge in [-0.3, -0.25) is 13.9 Å². The van der Waals surface area contributed by atoms with E-state index in [1.54, 1.807) is 43.3 Å². The van der Waals surface area contributed by atoms with Gasteiger partial charge < -0.3 is 19.7 Å². The topological polar surface area (TPSA) is 105 Å². The quantitative estimate of drug-likeness (QED) is 0.450. The summed E-state index contributed by atoms with van der Waals surface area (Å²) in [4.78, 5) is 27.8. The van der Waals surface area contributed by atoms with Crippen LogP contribution in [-0.4, -0.2) is 58.0 Å². The van der Waals surface area contributed by atoms with E-state index < -0.39 is 28.5 Å². The lowest BCUT2D eigenvalue weighted by atomic mass is 10.1. The number of nitrogens with zero attached hydrogens (tertiary/aromatic N) is 2. The van der Waals surface area contributed by atoms with Crippen molar-refractivity contribution in [2.45, 2.75) is 31.3 Å². The molecule has 9 nitrogen and oxygen atoms in total. The van der Waals surface area contributed by atoms with E-state index >= 15 is 0 Å². The second-order valence-electron chi connectivity index (χ2n) is 8.95. The van der Waals surface area contributed by atoms with Gasteiger partial charge in [0.05, 0.1) is 10.6 Å². The van der Waals surface area contributed by atoms with Gasteiger partial charge in [-0.05, 0) is 43.7 Å². The maximum absolute atomic E-state index is 13.8. The first-order valence-electron chi connectivity index (χ1n) is 12.2. The summed E-state index contributed by atoms with van der Waals surface area (Å²) in [7, 11) is -2.66. The van der Waals surface area contributed by atoms with E-state index in [1.165, 1.54) is 24.1 Å². The van der Waals surface area contributed by atoms with Crippen LogP contribution in [0, 0.1) is 6.92 Å². The Morgan fingerprint density at radius 2 is 1.61 bits per heavy atom. The van der Waals surface area contributed by atoms with Crippen molar-refractivity contribution >= 4 is 27.5 Å². The molecule has 0 saturated heterocycles. The summed E-state index contributed by atoms with van der Waals surface area (Å²) in [5, 5.41) is 2.58. The third kappa shape index (κ3) is 5.91. The Bertz CT molecular complexity index is 1390. The highest BCUT2D eigenvalue weighted by molar-refractivity contribution is 7.92. The van der Waals surface area contributed by atoms with E-state index in [9.17, 15) is 18.0 Å². The summed E-state index contributed by atoms with van der Waals surface area (Å²) in [6.45, 7) is 3.90. The van der Waals surface area contributed by atoms with Crippen LogP contribution >= 0.6 is 0 Å². The van der Waals surface area contributed by atoms with Crippen molar-refractivity contribution in [3.63, 3.8) is 0 Å². The van der Waals surface area contributed by atoms with Crippen molar-refractivity contribution in [3.05, 3.63) is 83.9 Å². The van der Waals surface area contributed by atoms with Gasteiger partial charge in [-0.25, -0.2) is 8.42 Å². The molecule has 2 amide bonds. The van der Waals surface area contributed by atoms with Crippen LogP contribution in [-0.2, 0) is 26.2 Å². The molecule has 1 N–H and O–H groups in total. The number of ether oxygens (including phenoxy) is 2. The Morgan fingerprint density at radius 1 is 0.947 bits per heavy atom. The number of nitrogens with one attached hydrogen (secondary N) is 1. The number of benzene rings is 3. The Hall–Kier alpha value is -4.05. The molecule has 4 rings (SSSR count). The molecular formula is C28H31N3O6S. The first-order chi connectivity index (χ1) is 18.2. The molecule has 1 aliphatic rings. The summed E-state index contributed by atoms with van der Waals surface area (Å²) in [5.74, 6) is 0.000603. The van der Waals surface area contributed by atoms with Gasteiger partial charge in [-0.2, -0.15) is 0 Å². The molecule has 0 fully saturated rings. The maximum atomic E-state index is 13.8. The van der Waals surface area contributed by atoms with Crippen LogP contribution in [0.25, 0.3) is 0 Å². The second-order valence-corrected chi connectivity index (χ2v) is 10.8. The fraction of sp³-hybridized carbons (Fsp3) is 0.286. The second kappa shape index (κ2) is 11.6. The standard InChI is InChI=1S/C28H31N3O6S/c1-20-9-11-22(12-10-20)18-30(21(2)28(33)29-3)27(32)19-31(38(34,35)24-7-5-4-6-8-24)23-13-14-25-26(17-23)37-16-15-36-25/h4-14,17,21H,15-16,18-19H2,1-3H3,(H,29,33)/t21-/m1/s1. The molecule has 0 radical (unpaired) electrons. The molecule has 0 saturated carbocycles. The minimum atomic E-state index is -4.15. The van der Waals surface area contributed by atoms with Gasteiger partial charge in [0.1, 0.15) is 25.8 Å². The number of hydrogen-bond donors (Lipinski definition) is 1. The van der Waals surface area contributed by atoms with Crippen molar-refractivity contribution in [2.24, 2.45) is 0 Å². The summed E-state index contributed by atoms with van der Waals surface area (Å²) in [5.41, 5.74) is 2.12. The molecule has 0 aromatic heterocycles. The van der Waals surface area contributed by atoms with Crippen LogP contribution in [0.1, 0.15) is 18.1 Å². The van der Waals surface area contributed by atoms with Gasteiger partial charge in [0.2, 0.25) is 11.8 Å². The molecule has 3 aromatic carbocycles. The molecule has 38 heavy (non-hydrogen) atoms. The fourth-order valence-electron chi connectivity index (χ4n) is 4.12. The van der Waals surface area contributed by atoms with Gasteiger partial charge in [-0.15, -0.1) is 0 Å². The number of anilines is 1. The van der Waals surface area contributed by atoms with Crippen LogP contribution in [0.5, 0.6) is 11.5 Å². The number of amides is 2. The van der Waals surface area contributed by atoms with E-state index in [0.717, 1.165) is 15.4 Å². The summed E-state index contributed by atoms with van der Waals surface area (Å²) < 4.78 is 39.9. The smallest absolute Gasteiger partial charge is 0.264 e. The van der Waals surface area contributed by atoms with Crippen molar-refractivity contribution in [1.29, 1.82) is 0 Å². The van der Waals surface area contributed by atoms with Crippen molar-refractivity contribution in [1.82, 2.24) is 10.2 Å². The van der Waals surface area contributed by atoms with Crippen LogP contribution in [0.15, 0.2) is 77.7 Å². The predicted molar refractivity (Wildman–Crippen MR) is 144 cm³/mol. The molecule has 1 heterocycles. The molecular weight excluding hydrogens is 506 g/mol. The van der Waals surface area contributed by atoms with E-state index in [-0.39, 0.29) is 23.0 Å². The van der Waals surface area contributed by atoms with Crippen LogP contribution in [0.2, 0.25) is 0 Å². The average Bonchev–Trinajstić information content (AvgIpc) is 2.94. The van der Waals surface area contributed by atoms with Gasteiger partial charge in [0.15, 0.2) is 11.5 Å². The number of hydrogen-bond acceptors (Lipinski definition) is 6. The molecule has 0 bridgehead atoms. The van der Waals surface area contributed by atoms with Gasteiger partial charge in [0, 0.05) is 19.7 Å². The van der Waals surface area contributed by atoms with Crippen LogP contribution < -0.4 is 19.1 Å². The molecule has 10 heteroatoms. The SMILES string of the molecule is CNC(=O)[C@@H](C)N(Cc1ccc(C)cc1)C(=O)CN(c1ccc2c(c1)OCCO2)S(=O)(=O)c1ccccc1. The monoisotopic (exact) mass is 537 g/mol. The molecule has 1 aliphatic heterocycles. The predicted octanol–water partition coefficient (Wildman–Crippen LogP) is 3.12. The van der Waals surface area contributed by atoms with Crippen LogP contribution in [0.4, 0.5) is 5.69 Å². The van der Waals surface area contributed by atoms with E-state index in [4.69, 9.17) is 9.47 Å². The molecule has 0 unspecified atom stereocenters. The number of fused-ring (bicyclic) bond motifs is 1. The Kier molecular flexibility index (Phi) is 8.21. The minimum absolute atomic E-state index is 0.0344. The molecule has 0 aliphatic carbocycles. The highest BCUT2D eigenvalue weighted by Crippen LogP contribution is 2.36. The lowest BCUT2D eigenvalue weighted by molar-refractivity contribution is -0.139. The number of carbonyl (C=O) groups is 2. The van der Waals surface area contributed by atoms with Crippen molar-refractivity contribution in [3.8, 4) is 11.5 Å². The van der Waals surface area contributed by atoms with E-state index in [2.05, 4.69) is 5.32 Å². The third-order valence-corrected chi connectivity index (χ3v) is 8.10. The summed E-state index contributed by atoms with van der Waals surface area (Å²) >= 11 is 0. The van der Waals surface area contributed by atoms with Gasteiger partial charge >= 0.3 is 0 Å². The zero-order chi connectivity index (χ0) is 27.3. The van der Waals surface area contributed by atoms with E-state index in [0.29, 0.717) is 24.7 Å². The maximum Gasteiger partial charge on any atom is 0.264 e. The highest BCUT2D eigenvalue weighted by atomic mass is 32.2. The molecule has 3 aromatic rings. The number of aryl methyl sites for hydroxylation is 1. The third-order valence-electron chi connectivity index (χ3n) is 6.31. The molecule has 1 atom stereocenters. The zero-order valence-corrected chi connectivity index (χ0v) is 22.4. The Morgan fingerprint density at radius 3 is 2.26 bits per heavy atom. The fourth-order valence-corrected chi connectivity index (χ4v) is 5.54. The number of carbonyl (C=O) groups excluding carboxylic acids is 2. The Labute approximate surface area is 223 Å². The number of rotatable bonds is 9. The largest absolute Gasteiger partial charge is 0.486 e. The zero-order valence-electron chi connectivity index (χ0n) is 21.6. The van der Waals surface area contributed by atoms with Gasteiger partial charge in [0.25, 0.3) is 10.0 Å². The molecule has 0 spiro atoms. The van der Waals surface area contributed by atoms with Gasteiger partial charge in [-0.1, -0.05) is 48.0 Å².